The first kappa shape index (κ1) is 16.6. The molecule has 4 nitrogen and oxygen atoms in total. The SMILES string of the molecule is Cc1cc(N)c(Cl)cc1NC(=O)CCOCC(F)(F)F. The molecule has 1 amide bonds. The van der Waals surface area contributed by atoms with E-state index in [-0.39, 0.29) is 13.0 Å². The number of hydrogen-bond donors (Lipinski definition) is 2. The smallest absolute Gasteiger partial charge is 0.398 e. The van der Waals surface area contributed by atoms with Crippen LogP contribution in [-0.2, 0) is 9.53 Å². The fraction of sp³-hybridized carbons (Fsp3) is 0.417. The minimum absolute atomic E-state index is 0.183. The molecule has 3 N–H and O–H groups in total. The highest BCUT2D eigenvalue weighted by atomic mass is 35.5. The normalized spacial score (nSPS) is 11.4. The number of halogens is 4. The van der Waals surface area contributed by atoms with Gasteiger partial charge in [0.05, 0.1) is 23.7 Å². The first-order valence-corrected chi connectivity index (χ1v) is 6.07. The van der Waals surface area contributed by atoms with Gasteiger partial charge in [0.1, 0.15) is 6.61 Å². The maximum Gasteiger partial charge on any atom is 0.411 e. The van der Waals surface area contributed by atoms with Gasteiger partial charge in [-0.25, -0.2) is 0 Å². The van der Waals surface area contributed by atoms with Crippen molar-refractivity contribution in [2.45, 2.75) is 19.5 Å². The zero-order chi connectivity index (χ0) is 15.3. The first-order valence-electron chi connectivity index (χ1n) is 5.69. The number of benzene rings is 1. The topological polar surface area (TPSA) is 64.3 Å². The Morgan fingerprint density at radius 2 is 2.10 bits per heavy atom. The second kappa shape index (κ2) is 6.81. The van der Waals surface area contributed by atoms with Gasteiger partial charge in [0.2, 0.25) is 5.91 Å². The summed E-state index contributed by atoms with van der Waals surface area (Å²) in [5, 5.41) is 2.83. The summed E-state index contributed by atoms with van der Waals surface area (Å²) in [4.78, 5) is 11.5. The van der Waals surface area contributed by atoms with Crippen LogP contribution in [0.3, 0.4) is 0 Å². The van der Waals surface area contributed by atoms with Crippen molar-refractivity contribution in [1.29, 1.82) is 0 Å². The van der Waals surface area contributed by atoms with Gasteiger partial charge in [-0.1, -0.05) is 11.6 Å². The molecule has 0 aliphatic heterocycles. The predicted octanol–water partition coefficient (Wildman–Crippen LogP) is 3.14. The Bertz CT molecular complexity index is 492. The van der Waals surface area contributed by atoms with Gasteiger partial charge in [0, 0.05) is 5.69 Å². The van der Waals surface area contributed by atoms with Gasteiger partial charge in [-0.2, -0.15) is 13.2 Å². The highest BCUT2D eigenvalue weighted by molar-refractivity contribution is 6.33. The first-order chi connectivity index (χ1) is 9.19. The predicted molar refractivity (Wildman–Crippen MR) is 70.7 cm³/mol. The molecule has 0 heterocycles. The standard InChI is InChI=1S/C12H14ClF3N2O2/c1-7-4-9(17)8(13)5-10(7)18-11(19)2-3-20-6-12(14,15)16/h4-5H,2-3,6,17H2,1H3,(H,18,19). The molecular weight excluding hydrogens is 297 g/mol. The van der Waals surface area contributed by atoms with E-state index < -0.39 is 18.7 Å². The van der Waals surface area contributed by atoms with Crippen LogP contribution in [0.4, 0.5) is 24.5 Å². The summed E-state index contributed by atoms with van der Waals surface area (Å²) in [6, 6.07) is 3.08. The second-order valence-electron chi connectivity index (χ2n) is 4.15. The zero-order valence-electron chi connectivity index (χ0n) is 10.7. The maximum atomic E-state index is 11.8. The van der Waals surface area contributed by atoms with Gasteiger partial charge in [-0.15, -0.1) is 0 Å². The number of rotatable bonds is 5. The summed E-state index contributed by atoms with van der Waals surface area (Å²) in [7, 11) is 0. The third kappa shape index (κ3) is 5.66. The molecule has 0 aliphatic carbocycles. The summed E-state index contributed by atoms with van der Waals surface area (Å²) in [5.74, 6) is -0.462. The quantitative estimate of drug-likeness (QED) is 0.648. The number of alkyl halides is 3. The zero-order valence-corrected chi connectivity index (χ0v) is 11.4. The van der Waals surface area contributed by atoms with E-state index >= 15 is 0 Å². The van der Waals surface area contributed by atoms with Crippen molar-refractivity contribution < 1.29 is 22.7 Å². The molecule has 1 aromatic rings. The van der Waals surface area contributed by atoms with Gasteiger partial charge in [-0.05, 0) is 24.6 Å². The molecule has 0 fully saturated rings. The highest BCUT2D eigenvalue weighted by Gasteiger charge is 2.27. The van der Waals surface area contributed by atoms with E-state index in [9.17, 15) is 18.0 Å². The number of nitrogen functional groups attached to an aromatic ring is 1. The molecule has 0 unspecified atom stereocenters. The molecule has 0 atom stereocenters. The minimum atomic E-state index is -4.39. The summed E-state index contributed by atoms with van der Waals surface area (Å²) in [6.07, 6.45) is -4.57. The fourth-order valence-electron chi connectivity index (χ4n) is 1.40. The highest BCUT2D eigenvalue weighted by Crippen LogP contribution is 2.26. The van der Waals surface area contributed by atoms with E-state index in [0.29, 0.717) is 22.0 Å². The van der Waals surface area contributed by atoms with Crippen LogP contribution in [0, 0.1) is 6.92 Å². The number of anilines is 2. The molecule has 1 aromatic carbocycles. The molecule has 0 saturated carbocycles. The van der Waals surface area contributed by atoms with Gasteiger partial charge in [0.25, 0.3) is 0 Å². The fourth-order valence-corrected chi connectivity index (χ4v) is 1.57. The van der Waals surface area contributed by atoms with Gasteiger partial charge in [0.15, 0.2) is 0 Å². The van der Waals surface area contributed by atoms with Crippen LogP contribution >= 0.6 is 11.6 Å². The van der Waals surface area contributed by atoms with E-state index in [1.807, 2.05) is 0 Å². The van der Waals surface area contributed by atoms with Crippen LogP contribution in [-0.4, -0.2) is 25.3 Å². The molecule has 0 aliphatic rings. The van der Waals surface area contributed by atoms with Crippen molar-refractivity contribution in [2.24, 2.45) is 0 Å². The Kier molecular flexibility index (Phi) is 5.64. The van der Waals surface area contributed by atoms with Crippen molar-refractivity contribution in [3.05, 3.63) is 22.7 Å². The number of amides is 1. The number of carbonyl (C=O) groups is 1. The Balaban J connectivity index is 2.45. The minimum Gasteiger partial charge on any atom is -0.398 e. The lowest BCUT2D eigenvalue weighted by Crippen LogP contribution is -2.20. The largest absolute Gasteiger partial charge is 0.411 e. The molecular formula is C12H14ClF3N2O2. The van der Waals surface area contributed by atoms with E-state index in [1.165, 1.54) is 6.07 Å². The van der Waals surface area contributed by atoms with Gasteiger partial charge >= 0.3 is 6.18 Å². The lowest BCUT2D eigenvalue weighted by Gasteiger charge is -2.11. The molecule has 0 bridgehead atoms. The third-order valence-electron chi connectivity index (χ3n) is 2.36. The number of nitrogens with one attached hydrogen (secondary N) is 1. The monoisotopic (exact) mass is 310 g/mol. The molecule has 1 rings (SSSR count). The van der Waals surface area contributed by atoms with Crippen molar-refractivity contribution in [1.82, 2.24) is 0 Å². The van der Waals surface area contributed by atoms with Gasteiger partial charge in [-0.3, -0.25) is 4.79 Å². The molecule has 8 heteroatoms. The van der Waals surface area contributed by atoms with Crippen LogP contribution < -0.4 is 11.1 Å². The summed E-state index contributed by atoms with van der Waals surface area (Å²) in [5.41, 5.74) is 7.14. The molecule has 0 aromatic heterocycles. The van der Waals surface area contributed by atoms with Crippen molar-refractivity contribution in [3.8, 4) is 0 Å². The Morgan fingerprint density at radius 1 is 1.45 bits per heavy atom. The Labute approximate surface area is 119 Å². The third-order valence-corrected chi connectivity index (χ3v) is 2.68. The van der Waals surface area contributed by atoms with Crippen LogP contribution in [0.15, 0.2) is 12.1 Å². The molecule has 20 heavy (non-hydrogen) atoms. The lowest BCUT2D eigenvalue weighted by molar-refractivity contribution is -0.174. The maximum absolute atomic E-state index is 11.8. The van der Waals surface area contributed by atoms with E-state index in [1.54, 1.807) is 13.0 Å². The van der Waals surface area contributed by atoms with E-state index in [2.05, 4.69) is 10.1 Å². The molecule has 112 valence electrons. The molecule has 0 spiro atoms. The Morgan fingerprint density at radius 3 is 2.70 bits per heavy atom. The van der Waals surface area contributed by atoms with E-state index in [0.717, 1.165) is 0 Å². The van der Waals surface area contributed by atoms with Crippen molar-refractivity contribution in [2.75, 3.05) is 24.3 Å². The average molecular weight is 311 g/mol. The molecule has 0 saturated heterocycles. The number of nitrogens with two attached hydrogens (primary N) is 1. The second-order valence-corrected chi connectivity index (χ2v) is 4.56. The average Bonchev–Trinajstić information content (AvgIpc) is 2.30. The number of hydrogen-bond acceptors (Lipinski definition) is 3. The summed E-state index contributed by atoms with van der Waals surface area (Å²) in [6.45, 7) is 0.0442. The van der Waals surface area contributed by atoms with Gasteiger partial charge < -0.3 is 15.8 Å². The number of carbonyl (C=O) groups excluding carboxylic acids is 1. The van der Waals surface area contributed by atoms with Crippen molar-refractivity contribution >= 4 is 28.9 Å². The van der Waals surface area contributed by atoms with E-state index in [4.69, 9.17) is 17.3 Å². The number of aryl methyl sites for hydroxylation is 1. The molecule has 0 radical (unpaired) electrons. The van der Waals surface area contributed by atoms with Crippen LogP contribution in [0.2, 0.25) is 5.02 Å². The van der Waals surface area contributed by atoms with Crippen LogP contribution in [0.5, 0.6) is 0 Å². The summed E-state index contributed by atoms with van der Waals surface area (Å²) >= 11 is 5.82. The summed E-state index contributed by atoms with van der Waals surface area (Å²) < 4.78 is 39.8. The number of ether oxygens (including phenoxy) is 1. The van der Waals surface area contributed by atoms with Crippen LogP contribution in [0.25, 0.3) is 0 Å². The van der Waals surface area contributed by atoms with Crippen molar-refractivity contribution in [3.63, 3.8) is 0 Å². The Hall–Kier alpha value is -1.47. The van der Waals surface area contributed by atoms with Crippen LogP contribution in [0.1, 0.15) is 12.0 Å². The lowest BCUT2D eigenvalue weighted by atomic mass is 10.1.